The Morgan fingerprint density at radius 2 is 0.962 bits per heavy atom. The fraction of sp³-hybridized carbons (Fsp3) is 0. The fourth-order valence-corrected chi connectivity index (χ4v) is 9.03. The van der Waals surface area contributed by atoms with Crippen LogP contribution >= 0.6 is 15.9 Å². The second-order valence-electron chi connectivity index (χ2n) is 6.22. The molecule has 0 aliphatic heterocycles. The SMILES string of the molecule is Brc1cc([Si](c2ccccc2)(c2ccccc2)c2ccccc2)ccn1. The van der Waals surface area contributed by atoms with Gasteiger partial charge < -0.3 is 0 Å². The molecule has 4 aromatic rings. The monoisotopic (exact) mass is 415 g/mol. The number of nitrogens with zero attached hydrogens (tertiary/aromatic N) is 1. The van der Waals surface area contributed by atoms with Crippen molar-refractivity contribution >= 4 is 44.8 Å². The van der Waals surface area contributed by atoms with Crippen molar-refractivity contribution in [3.05, 3.63) is 114 Å². The summed E-state index contributed by atoms with van der Waals surface area (Å²) in [5.74, 6) is 0. The number of rotatable bonds is 4. The number of hydrogen-bond donors (Lipinski definition) is 0. The van der Waals surface area contributed by atoms with Gasteiger partial charge in [-0.05, 0) is 48.8 Å². The first-order valence-electron chi connectivity index (χ1n) is 8.60. The van der Waals surface area contributed by atoms with Crippen molar-refractivity contribution in [3.8, 4) is 0 Å². The van der Waals surface area contributed by atoms with Crippen LogP contribution in [0.5, 0.6) is 0 Å². The number of benzene rings is 3. The van der Waals surface area contributed by atoms with E-state index in [1.165, 1.54) is 20.7 Å². The quantitative estimate of drug-likeness (QED) is 0.283. The van der Waals surface area contributed by atoms with E-state index in [9.17, 15) is 0 Å². The lowest BCUT2D eigenvalue weighted by molar-refractivity contribution is 1.29. The van der Waals surface area contributed by atoms with Crippen LogP contribution in [0.2, 0.25) is 0 Å². The van der Waals surface area contributed by atoms with E-state index in [1.807, 2.05) is 6.20 Å². The van der Waals surface area contributed by atoms with Crippen molar-refractivity contribution < 1.29 is 0 Å². The molecule has 0 amide bonds. The van der Waals surface area contributed by atoms with Crippen LogP contribution in [0.1, 0.15) is 0 Å². The summed E-state index contributed by atoms with van der Waals surface area (Å²) in [6.45, 7) is 0. The first-order valence-corrected chi connectivity index (χ1v) is 11.4. The molecule has 3 aromatic carbocycles. The third-order valence-corrected chi connectivity index (χ3v) is 9.99. The highest BCUT2D eigenvalue weighted by Gasteiger charge is 2.41. The average Bonchev–Trinajstić information content (AvgIpc) is 2.71. The van der Waals surface area contributed by atoms with E-state index >= 15 is 0 Å². The van der Waals surface area contributed by atoms with Crippen molar-refractivity contribution in [2.45, 2.75) is 0 Å². The second kappa shape index (κ2) is 7.40. The Balaban J connectivity index is 2.14. The second-order valence-corrected chi connectivity index (χ2v) is 10.8. The van der Waals surface area contributed by atoms with Gasteiger partial charge in [-0.15, -0.1) is 0 Å². The molecule has 1 heterocycles. The van der Waals surface area contributed by atoms with Gasteiger partial charge in [-0.25, -0.2) is 4.98 Å². The van der Waals surface area contributed by atoms with Crippen molar-refractivity contribution in [2.24, 2.45) is 0 Å². The maximum atomic E-state index is 4.37. The summed E-state index contributed by atoms with van der Waals surface area (Å²) in [5.41, 5.74) is 0. The van der Waals surface area contributed by atoms with Crippen LogP contribution in [-0.2, 0) is 0 Å². The normalized spacial score (nSPS) is 11.3. The van der Waals surface area contributed by atoms with Gasteiger partial charge in [0.25, 0.3) is 0 Å². The van der Waals surface area contributed by atoms with Crippen molar-refractivity contribution in [1.82, 2.24) is 4.98 Å². The van der Waals surface area contributed by atoms with Gasteiger partial charge in [0.15, 0.2) is 8.07 Å². The molecule has 1 aromatic heterocycles. The molecule has 4 rings (SSSR count). The van der Waals surface area contributed by atoms with E-state index < -0.39 is 8.07 Å². The van der Waals surface area contributed by atoms with E-state index in [-0.39, 0.29) is 0 Å². The summed E-state index contributed by atoms with van der Waals surface area (Å²) >= 11 is 3.58. The summed E-state index contributed by atoms with van der Waals surface area (Å²) in [6.07, 6.45) is 1.90. The third kappa shape index (κ3) is 2.94. The first-order chi connectivity index (χ1) is 12.8. The third-order valence-electron chi connectivity index (χ3n) is 4.78. The molecular formula is C23H18BrNSi. The first kappa shape index (κ1) is 16.9. The molecule has 0 unspecified atom stereocenters. The molecule has 126 valence electrons. The summed E-state index contributed by atoms with van der Waals surface area (Å²) in [4.78, 5) is 4.37. The van der Waals surface area contributed by atoms with Gasteiger partial charge in [0.2, 0.25) is 0 Å². The van der Waals surface area contributed by atoms with Gasteiger partial charge >= 0.3 is 0 Å². The number of pyridine rings is 1. The Morgan fingerprint density at radius 1 is 0.538 bits per heavy atom. The van der Waals surface area contributed by atoms with Crippen LogP contribution in [0, 0.1) is 0 Å². The van der Waals surface area contributed by atoms with Gasteiger partial charge in [0.05, 0.1) is 0 Å². The Hall–Kier alpha value is -2.49. The molecule has 0 aliphatic rings. The Labute approximate surface area is 163 Å². The summed E-state index contributed by atoms with van der Waals surface area (Å²) in [6, 6.07) is 37.0. The maximum absolute atomic E-state index is 4.37. The van der Waals surface area contributed by atoms with E-state index in [1.54, 1.807) is 0 Å². The minimum absolute atomic E-state index is 0.870. The van der Waals surface area contributed by atoms with Gasteiger partial charge in [0, 0.05) is 6.20 Å². The van der Waals surface area contributed by atoms with Gasteiger partial charge in [-0.2, -0.15) is 0 Å². The van der Waals surface area contributed by atoms with Gasteiger partial charge in [-0.3, -0.25) is 0 Å². The molecular weight excluding hydrogens is 398 g/mol. The van der Waals surface area contributed by atoms with Gasteiger partial charge in [0.1, 0.15) is 4.60 Å². The lowest BCUT2D eigenvalue weighted by Gasteiger charge is -2.34. The number of halogens is 1. The minimum Gasteiger partial charge on any atom is -0.249 e. The molecule has 26 heavy (non-hydrogen) atoms. The molecule has 0 spiro atoms. The van der Waals surface area contributed by atoms with Crippen molar-refractivity contribution in [2.75, 3.05) is 0 Å². The molecule has 0 atom stereocenters. The van der Waals surface area contributed by atoms with E-state index in [0.717, 1.165) is 4.60 Å². The van der Waals surface area contributed by atoms with Crippen LogP contribution in [0.15, 0.2) is 114 Å². The van der Waals surface area contributed by atoms with E-state index in [0.29, 0.717) is 0 Å². The summed E-state index contributed by atoms with van der Waals surface area (Å²) < 4.78 is 0.870. The highest BCUT2D eigenvalue weighted by atomic mass is 79.9. The van der Waals surface area contributed by atoms with Crippen molar-refractivity contribution in [3.63, 3.8) is 0 Å². The van der Waals surface area contributed by atoms with Crippen LogP contribution in [0.3, 0.4) is 0 Å². The van der Waals surface area contributed by atoms with Crippen LogP contribution in [0.4, 0.5) is 0 Å². The molecule has 0 N–H and O–H groups in total. The molecule has 3 heteroatoms. The van der Waals surface area contributed by atoms with Gasteiger partial charge in [-0.1, -0.05) is 91.0 Å². The Kier molecular flexibility index (Phi) is 4.82. The predicted octanol–water partition coefficient (Wildman–Crippen LogP) is 3.22. The van der Waals surface area contributed by atoms with Crippen LogP contribution < -0.4 is 20.7 Å². The van der Waals surface area contributed by atoms with Crippen molar-refractivity contribution in [1.29, 1.82) is 0 Å². The number of hydrogen-bond acceptors (Lipinski definition) is 1. The zero-order valence-corrected chi connectivity index (χ0v) is 16.8. The zero-order valence-electron chi connectivity index (χ0n) is 14.2. The Bertz CT molecular complexity index is 891. The molecule has 0 saturated carbocycles. The molecule has 0 aliphatic carbocycles. The highest BCUT2D eigenvalue weighted by molar-refractivity contribution is 9.10. The predicted molar refractivity (Wildman–Crippen MR) is 116 cm³/mol. The largest absolute Gasteiger partial charge is 0.249 e. The van der Waals surface area contributed by atoms with E-state index in [2.05, 4.69) is 124 Å². The van der Waals surface area contributed by atoms with Crippen LogP contribution in [0.25, 0.3) is 0 Å². The molecule has 0 fully saturated rings. The average molecular weight is 416 g/mol. The summed E-state index contributed by atoms with van der Waals surface area (Å²) in [5, 5.41) is 5.43. The standard InChI is InChI=1S/C23H18BrNSi/c24-23-18-22(16-17-25-23)26(19-10-4-1-5-11-19,20-12-6-2-7-13-20)21-14-8-3-9-15-21/h1-18H. The maximum Gasteiger partial charge on any atom is 0.179 e. The molecule has 0 radical (unpaired) electrons. The van der Waals surface area contributed by atoms with E-state index in [4.69, 9.17) is 0 Å². The minimum atomic E-state index is -2.40. The lowest BCUT2D eigenvalue weighted by atomic mass is 10.3. The van der Waals surface area contributed by atoms with Crippen LogP contribution in [-0.4, -0.2) is 13.1 Å². The summed E-state index contributed by atoms with van der Waals surface area (Å²) in [7, 11) is -2.40. The molecule has 0 saturated heterocycles. The molecule has 0 bridgehead atoms. The smallest absolute Gasteiger partial charge is 0.179 e. The Morgan fingerprint density at radius 3 is 1.35 bits per heavy atom. The topological polar surface area (TPSA) is 12.9 Å². The molecule has 1 nitrogen and oxygen atoms in total. The number of aromatic nitrogens is 1. The zero-order chi connectivity index (χ0) is 17.8. The highest BCUT2D eigenvalue weighted by Crippen LogP contribution is 2.11. The fourth-order valence-electron chi connectivity index (χ4n) is 3.70. The lowest BCUT2D eigenvalue weighted by Crippen LogP contribution is -2.74.